The molecule has 6 nitrogen and oxygen atoms in total. The average Bonchev–Trinajstić information content (AvgIpc) is 2.66. The smallest absolute Gasteiger partial charge is 0.240 e. The summed E-state index contributed by atoms with van der Waals surface area (Å²) in [6, 6.07) is 6.90. The third kappa shape index (κ3) is 7.08. The SMILES string of the molecule is CC(C)(C)c1ccc(S(=O)(=O)NCCC(=O)NCC(C)(C)N2CCCCC2)cc1. The minimum atomic E-state index is -3.62. The lowest BCUT2D eigenvalue weighted by Crippen LogP contribution is -2.53. The summed E-state index contributed by atoms with van der Waals surface area (Å²) in [4.78, 5) is 14.8. The third-order valence-corrected chi connectivity index (χ3v) is 7.08. The van der Waals surface area contributed by atoms with Gasteiger partial charge >= 0.3 is 0 Å². The zero-order valence-electron chi connectivity index (χ0n) is 18.5. The maximum atomic E-state index is 12.4. The summed E-state index contributed by atoms with van der Waals surface area (Å²) in [5.41, 5.74) is 0.951. The van der Waals surface area contributed by atoms with Crippen LogP contribution in [-0.4, -0.2) is 50.9 Å². The number of benzene rings is 1. The van der Waals surface area contributed by atoms with Crippen LogP contribution in [0, 0.1) is 0 Å². The lowest BCUT2D eigenvalue weighted by atomic mass is 9.87. The highest BCUT2D eigenvalue weighted by Crippen LogP contribution is 2.23. The summed E-state index contributed by atoms with van der Waals surface area (Å²) in [7, 11) is -3.62. The van der Waals surface area contributed by atoms with Gasteiger partial charge in [0.1, 0.15) is 0 Å². The van der Waals surface area contributed by atoms with E-state index in [4.69, 9.17) is 0 Å². The van der Waals surface area contributed by atoms with Crippen LogP contribution in [0.3, 0.4) is 0 Å². The molecule has 0 saturated carbocycles. The van der Waals surface area contributed by atoms with Gasteiger partial charge in [0.25, 0.3) is 0 Å². The minimum Gasteiger partial charge on any atom is -0.354 e. The van der Waals surface area contributed by atoms with Crippen LogP contribution in [0.25, 0.3) is 0 Å². The minimum absolute atomic E-state index is 0.0320. The molecule has 0 bridgehead atoms. The Labute approximate surface area is 176 Å². The van der Waals surface area contributed by atoms with E-state index in [-0.39, 0.29) is 34.7 Å². The Morgan fingerprint density at radius 1 is 1.00 bits per heavy atom. The molecule has 0 aliphatic carbocycles. The molecule has 1 aliphatic rings. The summed E-state index contributed by atoms with van der Waals surface area (Å²) in [6.07, 6.45) is 3.80. The molecule has 2 N–H and O–H groups in total. The van der Waals surface area contributed by atoms with E-state index in [0.29, 0.717) is 6.54 Å². The van der Waals surface area contributed by atoms with Crippen LogP contribution in [0.2, 0.25) is 0 Å². The average molecular weight is 424 g/mol. The van der Waals surface area contributed by atoms with Gasteiger partial charge in [0, 0.05) is 25.0 Å². The van der Waals surface area contributed by atoms with Gasteiger partial charge in [-0.3, -0.25) is 9.69 Å². The second-order valence-electron chi connectivity index (χ2n) is 9.56. The molecular weight excluding hydrogens is 386 g/mol. The van der Waals surface area contributed by atoms with Crippen LogP contribution in [-0.2, 0) is 20.2 Å². The van der Waals surface area contributed by atoms with Gasteiger partial charge in [-0.15, -0.1) is 0 Å². The number of carbonyl (C=O) groups is 1. The Hall–Kier alpha value is -1.44. The van der Waals surface area contributed by atoms with Crippen LogP contribution in [0.15, 0.2) is 29.2 Å². The molecule has 0 unspecified atom stereocenters. The van der Waals surface area contributed by atoms with Gasteiger partial charge in [0.05, 0.1) is 4.90 Å². The number of piperidine rings is 1. The maximum Gasteiger partial charge on any atom is 0.240 e. The van der Waals surface area contributed by atoms with E-state index in [1.165, 1.54) is 19.3 Å². The quantitative estimate of drug-likeness (QED) is 0.674. The predicted molar refractivity (Wildman–Crippen MR) is 117 cm³/mol. The number of nitrogens with one attached hydrogen (secondary N) is 2. The summed E-state index contributed by atoms with van der Waals surface area (Å²) in [5, 5.41) is 2.95. The zero-order chi connectivity index (χ0) is 21.7. The van der Waals surface area contributed by atoms with Crippen molar-refractivity contribution < 1.29 is 13.2 Å². The summed E-state index contributed by atoms with van der Waals surface area (Å²) in [5.74, 6) is -0.138. The van der Waals surface area contributed by atoms with Gasteiger partial charge in [-0.1, -0.05) is 39.3 Å². The molecule has 164 valence electrons. The number of amides is 1. The highest BCUT2D eigenvalue weighted by molar-refractivity contribution is 7.89. The summed E-state index contributed by atoms with van der Waals surface area (Å²) in [6.45, 7) is 13.3. The zero-order valence-corrected chi connectivity index (χ0v) is 19.4. The van der Waals surface area contributed by atoms with Crippen molar-refractivity contribution >= 4 is 15.9 Å². The molecule has 1 fully saturated rings. The molecule has 1 aromatic rings. The first-order valence-electron chi connectivity index (χ1n) is 10.5. The number of carbonyl (C=O) groups excluding carboxylic acids is 1. The van der Waals surface area contributed by atoms with Crippen molar-refractivity contribution in [3.05, 3.63) is 29.8 Å². The number of hydrogen-bond acceptors (Lipinski definition) is 4. The van der Waals surface area contributed by atoms with Gasteiger partial charge in [-0.05, 0) is 62.9 Å². The lowest BCUT2D eigenvalue weighted by Gasteiger charge is -2.41. The first kappa shape index (κ1) is 23.8. The predicted octanol–water partition coefficient (Wildman–Crippen LogP) is 3.03. The summed E-state index contributed by atoms with van der Waals surface area (Å²) >= 11 is 0. The van der Waals surface area contributed by atoms with Crippen molar-refractivity contribution in [3.8, 4) is 0 Å². The molecule has 1 amide bonds. The van der Waals surface area contributed by atoms with E-state index in [0.717, 1.165) is 18.7 Å². The number of sulfonamides is 1. The standard InChI is InChI=1S/C22H37N3O3S/c1-21(2,3)18-9-11-19(12-10-18)29(27,28)24-14-13-20(26)23-17-22(4,5)25-15-7-6-8-16-25/h9-12,24H,6-8,13-17H2,1-5H3,(H,23,26). The van der Waals surface area contributed by atoms with E-state index in [1.54, 1.807) is 12.1 Å². The lowest BCUT2D eigenvalue weighted by molar-refractivity contribution is -0.121. The third-order valence-electron chi connectivity index (χ3n) is 5.61. The second-order valence-corrected chi connectivity index (χ2v) is 11.3. The van der Waals surface area contributed by atoms with Crippen molar-refractivity contribution in [1.82, 2.24) is 14.9 Å². The second kappa shape index (κ2) is 9.58. The number of hydrogen-bond donors (Lipinski definition) is 2. The van der Waals surface area contributed by atoms with Gasteiger partial charge in [-0.2, -0.15) is 0 Å². The summed E-state index contributed by atoms with van der Waals surface area (Å²) < 4.78 is 27.4. The first-order valence-corrected chi connectivity index (χ1v) is 12.0. The molecule has 1 aromatic carbocycles. The van der Waals surface area contributed by atoms with Gasteiger partial charge < -0.3 is 5.32 Å². The topological polar surface area (TPSA) is 78.5 Å². The van der Waals surface area contributed by atoms with E-state index < -0.39 is 10.0 Å². The molecule has 1 aliphatic heterocycles. The van der Waals surface area contributed by atoms with Crippen LogP contribution >= 0.6 is 0 Å². The first-order chi connectivity index (χ1) is 13.4. The molecule has 0 atom stereocenters. The van der Waals surface area contributed by atoms with Crippen molar-refractivity contribution in [2.24, 2.45) is 0 Å². The van der Waals surface area contributed by atoms with Crippen LogP contribution in [0.5, 0.6) is 0 Å². The molecule has 1 saturated heterocycles. The Balaban J connectivity index is 1.80. The molecule has 2 rings (SSSR count). The fourth-order valence-corrected chi connectivity index (χ4v) is 4.56. The Morgan fingerprint density at radius 3 is 2.14 bits per heavy atom. The van der Waals surface area contributed by atoms with Crippen molar-refractivity contribution in [1.29, 1.82) is 0 Å². The molecule has 1 heterocycles. The molecular formula is C22H37N3O3S. The van der Waals surface area contributed by atoms with Crippen molar-refractivity contribution in [2.45, 2.75) is 76.2 Å². The Bertz CT molecular complexity index is 775. The van der Waals surface area contributed by atoms with E-state index in [9.17, 15) is 13.2 Å². The number of rotatable bonds is 8. The Kier molecular flexibility index (Phi) is 7.87. The number of nitrogens with zero attached hydrogens (tertiary/aromatic N) is 1. The van der Waals surface area contributed by atoms with Gasteiger partial charge in [-0.25, -0.2) is 13.1 Å². The van der Waals surface area contributed by atoms with Gasteiger partial charge in [0.2, 0.25) is 15.9 Å². The monoisotopic (exact) mass is 423 g/mol. The molecule has 0 aromatic heterocycles. The van der Waals surface area contributed by atoms with Crippen molar-refractivity contribution in [2.75, 3.05) is 26.2 Å². The maximum absolute atomic E-state index is 12.4. The van der Waals surface area contributed by atoms with E-state index in [1.807, 2.05) is 12.1 Å². The van der Waals surface area contributed by atoms with Gasteiger partial charge in [0.15, 0.2) is 0 Å². The van der Waals surface area contributed by atoms with E-state index >= 15 is 0 Å². The fourth-order valence-electron chi connectivity index (χ4n) is 3.53. The molecule has 29 heavy (non-hydrogen) atoms. The van der Waals surface area contributed by atoms with Crippen LogP contribution in [0.1, 0.15) is 65.9 Å². The van der Waals surface area contributed by atoms with Crippen molar-refractivity contribution in [3.63, 3.8) is 0 Å². The number of likely N-dealkylation sites (tertiary alicyclic amines) is 1. The highest BCUT2D eigenvalue weighted by atomic mass is 32.2. The molecule has 0 spiro atoms. The normalized spacial score (nSPS) is 16.6. The highest BCUT2D eigenvalue weighted by Gasteiger charge is 2.28. The molecule has 0 radical (unpaired) electrons. The fraction of sp³-hybridized carbons (Fsp3) is 0.682. The molecule has 7 heteroatoms. The van der Waals surface area contributed by atoms with Crippen LogP contribution < -0.4 is 10.0 Å². The van der Waals surface area contributed by atoms with Crippen LogP contribution in [0.4, 0.5) is 0 Å². The largest absolute Gasteiger partial charge is 0.354 e. The van der Waals surface area contributed by atoms with E-state index in [2.05, 4.69) is 49.6 Å². The Morgan fingerprint density at radius 2 is 1.59 bits per heavy atom.